The molecule has 0 fully saturated rings. The van der Waals surface area contributed by atoms with Crippen molar-refractivity contribution in [3.63, 3.8) is 0 Å². The number of aryl methyl sites for hydroxylation is 1. The predicted octanol–water partition coefficient (Wildman–Crippen LogP) is 6.84. The molecule has 0 aromatic heterocycles. The number of carbonyl (C=O) groups is 1. The van der Waals surface area contributed by atoms with E-state index in [1.807, 2.05) is 56.6 Å². The normalized spacial score (nSPS) is 11.4. The highest BCUT2D eigenvalue weighted by Gasteiger charge is 2.14. The van der Waals surface area contributed by atoms with Crippen molar-refractivity contribution < 1.29 is 4.79 Å². The molecule has 0 aliphatic carbocycles. The first-order valence-electron chi connectivity index (χ1n) is 8.96. The van der Waals surface area contributed by atoms with Gasteiger partial charge in [-0.05, 0) is 67.1 Å². The van der Waals surface area contributed by atoms with Crippen LogP contribution in [0.2, 0.25) is 0 Å². The van der Waals surface area contributed by atoms with E-state index < -0.39 is 0 Å². The number of allylic oxidation sites excluding steroid dienone is 1. The van der Waals surface area contributed by atoms with E-state index in [0.717, 1.165) is 20.6 Å². The van der Waals surface area contributed by atoms with Gasteiger partial charge in [0.25, 0.3) is 0 Å². The Morgan fingerprint density at radius 2 is 1.50 bits per heavy atom. The molecule has 0 radical (unpaired) electrons. The minimum absolute atomic E-state index is 0.0229. The molecule has 0 atom stereocenters. The van der Waals surface area contributed by atoms with Gasteiger partial charge in [-0.2, -0.15) is 0 Å². The van der Waals surface area contributed by atoms with Crippen LogP contribution in [-0.2, 0) is 0 Å². The predicted molar refractivity (Wildman–Crippen MR) is 124 cm³/mol. The molecule has 0 saturated carbocycles. The van der Waals surface area contributed by atoms with Gasteiger partial charge in [-0.1, -0.05) is 57.5 Å². The molecule has 3 aromatic carbocycles. The van der Waals surface area contributed by atoms with Crippen molar-refractivity contribution in [2.24, 2.45) is 0 Å². The summed E-state index contributed by atoms with van der Waals surface area (Å²) < 4.78 is 0.958. The second-order valence-electron chi connectivity index (χ2n) is 6.75. The van der Waals surface area contributed by atoms with Crippen LogP contribution in [0, 0.1) is 6.92 Å². The van der Waals surface area contributed by atoms with Crippen LogP contribution >= 0.6 is 27.7 Å². The van der Waals surface area contributed by atoms with Crippen molar-refractivity contribution in [3.8, 4) is 0 Å². The number of rotatable bonds is 6. The summed E-state index contributed by atoms with van der Waals surface area (Å²) in [5.74, 6) is 0.0229. The summed E-state index contributed by atoms with van der Waals surface area (Å²) in [6.45, 7) is 2.06. The van der Waals surface area contributed by atoms with E-state index in [0.29, 0.717) is 10.5 Å². The molecule has 0 saturated heterocycles. The lowest BCUT2D eigenvalue weighted by atomic mass is 10.1. The summed E-state index contributed by atoms with van der Waals surface area (Å²) >= 11 is 4.93. The lowest BCUT2D eigenvalue weighted by Crippen LogP contribution is -2.08. The Kier molecular flexibility index (Phi) is 6.76. The van der Waals surface area contributed by atoms with Crippen molar-refractivity contribution in [2.45, 2.75) is 11.8 Å². The lowest BCUT2D eigenvalue weighted by molar-refractivity contribution is 0.104. The molecule has 142 valence electrons. The van der Waals surface area contributed by atoms with Crippen LogP contribution in [0.3, 0.4) is 0 Å². The first-order chi connectivity index (χ1) is 13.4. The van der Waals surface area contributed by atoms with Crippen LogP contribution in [0.25, 0.3) is 6.08 Å². The molecule has 0 aliphatic heterocycles. The zero-order valence-electron chi connectivity index (χ0n) is 16.1. The number of thioether (sulfide) groups is 1. The van der Waals surface area contributed by atoms with Crippen molar-refractivity contribution in [3.05, 3.63) is 98.9 Å². The van der Waals surface area contributed by atoms with E-state index in [1.54, 1.807) is 0 Å². The average Bonchev–Trinajstić information content (AvgIpc) is 2.69. The Labute approximate surface area is 179 Å². The average molecular weight is 452 g/mol. The summed E-state index contributed by atoms with van der Waals surface area (Å²) in [7, 11) is 4.03. The molecule has 0 unspecified atom stereocenters. The molecule has 2 nitrogen and oxygen atoms in total. The zero-order chi connectivity index (χ0) is 20.1. The molecule has 28 heavy (non-hydrogen) atoms. The fourth-order valence-electron chi connectivity index (χ4n) is 2.64. The van der Waals surface area contributed by atoms with Gasteiger partial charge in [0, 0.05) is 34.7 Å². The highest BCUT2D eigenvalue weighted by Crippen LogP contribution is 2.32. The van der Waals surface area contributed by atoms with Gasteiger partial charge in [-0.3, -0.25) is 4.79 Å². The van der Waals surface area contributed by atoms with Crippen molar-refractivity contribution >= 4 is 45.2 Å². The maximum absolute atomic E-state index is 13.2. The molecule has 0 bridgehead atoms. The van der Waals surface area contributed by atoms with Crippen molar-refractivity contribution in [1.29, 1.82) is 0 Å². The summed E-state index contributed by atoms with van der Waals surface area (Å²) in [5, 5.41) is 0. The molecule has 0 heterocycles. The first-order valence-corrected chi connectivity index (χ1v) is 10.6. The standard InChI is InChI=1S/C24H22BrNOS/c1-17-4-14-22(15-5-17)28-23(24(27)19-8-10-20(25)11-9-19)16-18-6-12-21(13-7-18)26(2)3/h4-16H,1-3H3/b23-16+. The van der Waals surface area contributed by atoms with E-state index >= 15 is 0 Å². The van der Waals surface area contributed by atoms with Gasteiger partial charge in [0.05, 0.1) is 4.91 Å². The minimum Gasteiger partial charge on any atom is -0.378 e. The van der Waals surface area contributed by atoms with Gasteiger partial charge in [0.2, 0.25) is 0 Å². The molecule has 0 spiro atoms. The van der Waals surface area contributed by atoms with Crippen LogP contribution in [0.4, 0.5) is 5.69 Å². The van der Waals surface area contributed by atoms with Gasteiger partial charge < -0.3 is 4.90 Å². The molecule has 3 aromatic rings. The Morgan fingerprint density at radius 1 is 0.893 bits per heavy atom. The third kappa shape index (κ3) is 5.37. The molecule has 0 aliphatic rings. The maximum atomic E-state index is 13.2. The summed E-state index contributed by atoms with van der Waals surface area (Å²) in [6, 6.07) is 23.9. The van der Waals surface area contributed by atoms with E-state index in [4.69, 9.17) is 0 Å². The topological polar surface area (TPSA) is 20.3 Å². The largest absolute Gasteiger partial charge is 0.378 e. The number of Topliss-reactive ketones (excluding diaryl/α,β-unsaturated/α-hetero) is 1. The first kappa shape index (κ1) is 20.4. The van der Waals surface area contributed by atoms with Crippen molar-refractivity contribution in [2.75, 3.05) is 19.0 Å². The second-order valence-corrected chi connectivity index (χ2v) is 8.78. The van der Waals surface area contributed by atoms with Gasteiger partial charge in [0.1, 0.15) is 0 Å². The summed E-state index contributed by atoms with van der Waals surface area (Å²) in [5.41, 5.74) is 4.02. The molecular formula is C24H22BrNOS. The van der Waals surface area contributed by atoms with E-state index in [2.05, 4.69) is 64.2 Å². The third-order valence-electron chi connectivity index (χ3n) is 4.29. The van der Waals surface area contributed by atoms with E-state index in [-0.39, 0.29) is 5.78 Å². The quantitative estimate of drug-likeness (QED) is 0.232. The van der Waals surface area contributed by atoms with Crippen LogP contribution < -0.4 is 4.90 Å². The number of carbonyl (C=O) groups excluding carboxylic acids is 1. The molecule has 0 N–H and O–H groups in total. The minimum atomic E-state index is 0.0229. The summed E-state index contributed by atoms with van der Waals surface area (Å²) in [6.07, 6.45) is 1.97. The van der Waals surface area contributed by atoms with Crippen LogP contribution in [0.5, 0.6) is 0 Å². The Morgan fingerprint density at radius 3 is 2.07 bits per heavy atom. The fourth-order valence-corrected chi connectivity index (χ4v) is 3.83. The maximum Gasteiger partial charge on any atom is 0.199 e. The number of halogens is 1. The molecule has 4 heteroatoms. The van der Waals surface area contributed by atoms with E-state index in [1.165, 1.54) is 17.3 Å². The van der Waals surface area contributed by atoms with Gasteiger partial charge in [-0.25, -0.2) is 0 Å². The Balaban J connectivity index is 1.96. The highest BCUT2D eigenvalue weighted by molar-refractivity contribution is 9.10. The number of hydrogen-bond donors (Lipinski definition) is 0. The Bertz CT molecular complexity index is 975. The highest BCUT2D eigenvalue weighted by atomic mass is 79.9. The van der Waals surface area contributed by atoms with Crippen LogP contribution in [0.15, 0.2) is 87.1 Å². The summed E-state index contributed by atoms with van der Waals surface area (Å²) in [4.78, 5) is 17.0. The molecule has 0 amide bonds. The van der Waals surface area contributed by atoms with Gasteiger partial charge in [-0.15, -0.1) is 0 Å². The van der Waals surface area contributed by atoms with Crippen LogP contribution in [0.1, 0.15) is 21.5 Å². The SMILES string of the molecule is Cc1ccc(S/C(=C/c2ccc(N(C)C)cc2)C(=O)c2ccc(Br)cc2)cc1. The number of benzene rings is 3. The van der Waals surface area contributed by atoms with Gasteiger partial charge >= 0.3 is 0 Å². The van der Waals surface area contributed by atoms with Crippen molar-refractivity contribution in [1.82, 2.24) is 0 Å². The monoisotopic (exact) mass is 451 g/mol. The molecule has 3 rings (SSSR count). The number of hydrogen-bond acceptors (Lipinski definition) is 3. The van der Waals surface area contributed by atoms with E-state index in [9.17, 15) is 4.79 Å². The fraction of sp³-hybridized carbons (Fsp3) is 0.125. The second kappa shape index (κ2) is 9.26. The number of ketones is 1. The lowest BCUT2D eigenvalue weighted by Gasteiger charge is -2.12. The zero-order valence-corrected chi connectivity index (χ0v) is 18.5. The van der Waals surface area contributed by atoms with Gasteiger partial charge in [0.15, 0.2) is 5.78 Å². The smallest absolute Gasteiger partial charge is 0.199 e. The number of anilines is 1. The third-order valence-corrected chi connectivity index (χ3v) is 5.85. The van der Waals surface area contributed by atoms with Crippen LogP contribution in [-0.4, -0.2) is 19.9 Å². The Hall–Kier alpha value is -2.30. The number of nitrogens with zero attached hydrogens (tertiary/aromatic N) is 1. The molecular weight excluding hydrogens is 430 g/mol.